The second kappa shape index (κ2) is 3.72. The van der Waals surface area contributed by atoms with Crippen LogP contribution in [0.2, 0.25) is 0 Å². The number of ether oxygens (including phenoxy) is 1. The van der Waals surface area contributed by atoms with E-state index >= 15 is 0 Å². The number of methoxy groups -OCH3 is 1. The van der Waals surface area contributed by atoms with Gasteiger partial charge in [-0.25, -0.2) is 0 Å². The molecule has 0 radical (unpaired) electrons. The number of H-pyrrole nitrogens is 1. The number of rotatable bonds is 1. The van der Waals surface area contributed by atoms with Crippen LogP contribution in [0.15, 0.2) is 48.7 Å². The van der Waals surface area contributed by atoms with Gasteiger partial charge >= 0.3 is 0 Å². The molecule has 0 fully saturated rings. The molecule has 4 aromatic rings. The van der Waals surface area contributed by atoms with Crippen molar-refractivity contribution in [1.29, 1.82) is 0 Å². The second-order valence-electron chi connectivity index (χ2n) is 4.62. The van der Waals surface area contributed by atoms with E-state index in [1.807, 2.05) is 12.3 Å². The fraction of sp³-hybridized carbons (Fsp3) is 0.0625. The highest BCUT2D eigenvalue weighted by molar-refractivity contribution is 6.24. The Morgan fingerprint density at radius 3 is 2.53 bits per heavy atom. The second-order valence-corrected chi connectivity index (χ2v) is 4.62. The Labute approximate surface area is 109 Å². The quantitative estimate of drug-likeness (QED) is 0.519. The molecule has 0 amide bonds. The highest BCUT2D eigenvalue weighted by Gasteiger charge is 2.10. The van der Waals surface area contributed by atoms with Crippen LogP contribution < -0.4 is 4.74 Å². The molecule has 1 aromatic heterocycles. The van der Waals surface area contributed by atoms with Crippen molar-refractivity contribution in [3.05, 3.63) is 48.7 Å². The summed E-state index contributed by atoms with van der Waals surface area (Å²) >= 11 is 0. The van der Waals surface area contributed by atoms with Crippen molar-refractivity contribution in [3.8, 4) is 5.75 Å². The van der Waals surface area contributed by atoms with E-state index in [-0.39, 0.29) is 0 Å². The number of nitrogens with one attached hydrogen (secondary N) is 1. The van der Waals surface area contributed by atoms with Crippen molar-refractivity contribution in [1.82, 2.24) is 10.2 Å². The van der Waals surface area contributed by atoms with E-state index in [1.165, 1.54) is 21.5 Å². The van der Waals surface area contributed by atoms with Gasteiger partial charge in [-0.2, -0.15) is 5.10 Å². The molecule has 3 nitrogen and oxygen atoms in total. The third-order valence-electron chi connectivity index (χ3n) is 3.64. The maximum absolute atomic E-state index is 5.34. The highest BCUT2D eigenvalue weighted by atomic mass is 16.5. The van der Waals surface area contributed by atoms with E-state index in [4.69, 9.17) is 4.74 Å². The van der Waals surface area contributed by atoms with Crippen LogP contribution in [0.5, 0.6) is 5.75 Å². The predicted octanol–water partition coefficient (Wildman–Crippen LogP) is 3.88. The molecule has 0 bridgehead atoms. The number of nitrogens with zero attached hydrogens (tertiary/aromatic N) is 1. The van der Waals surface area contributed by atoms with Crippen LogP contribution >= 0.6 is 0 Å². The average molecular weight is 248 g/mol. The number of aromatic nitrogens is 2. The van der Waals surface area contributed by atoms with E-state index in [0.717, 1.165) is 16.7 Å². The molecule has 3 heteroatoms. The summed E-state index contributed by atoms with van der Waals surface area (Å²) in [5, 5.41) is 13.2. The molecule has 3 aromatic carbocycles. The third kappa shape index (κ3) is 1.35. The van der Waals surface area contributed by atoms with Gasteiger partial charge in [-0.05, 0) is 34.4 Å². The Morgan fingerprint density at radius 1 is 0.895 bits per heavy atom. The molecule has 0 aliphatic carbocycles. The van der Waals surface area contributed by atoms with Gasteiger partial charge in [0, 0.05) is 10.8 Å². The minimum Gasteiger partial charge on any atom is -0.497 e. The maximum atomic E-state index is 5.34. The fourth-order valence-corrected chi connectivity index (χ4v) is 2.74. The van der Waals surface area contributed by atoms with Crippen LogP contribution in [0, 0.1) is 0 Å². The molecular weight excluding hydrogens is 236 g/mol. The van der Waals surface area contributed by atoms with Gasteiger partial charge in [0.15, 0.2) is 0 Å². The summed E-state index contributed by atoms with van der Waals surface area (Å²) in [6, 6.07) is 14.5. The van der Waals surface area contributed by atoms with E-state index < -0.39 is 0 Å². The molecule has 0 spiro atoms. The van der Waals surface area contributed by atoms with E-state index in [9.17, 15) is 0 Å². The molecule has 0 unspecified atom stereocenters. The van der Waals surface area contributed by atoms with Gasteiger partial charge in [0.1, 0.15) is 5.75 Å². The molecule has 0 aliphatic heterocycles. The van der Waals surface area contributed by atoms with Gasteiger partial charge in [-0.1, -0.05) is 24.3 Å². The minimum absolute atomic E-state index is 0.875. The molecule has 1 heterocycles. The summed E-state index contributed by atoms with van der Waals surface area (Å²) < 4.78 is 5.34. The summed E-state index contributed by atoms with van der Waals surface area (Å²) in [6.07, 6.45) is 1.89. The standard InChI is InChI=1S/C16H12N2O/c1-19-10-6-7-12-14(8-10)11-4-2-3-5-13(11)16-15(12)9-17-18-16/h2-9H,1H3,(H,17,18). The molecule has 4 rings (SSSR count). The lowest BCUT2D eigenvalue weighted by Crippen LogP contribution is -1.85. The number of hydrogen-bond acceptors (Lipinski definition) is 2. The molecule has 0 saturated heterocycles. The SMILES string of the molecule is COc1ccc2c(c1)c1ccccc1c1[nH]ncc21. The van der Waals surface area contributed by atoms with Gasteiger partial charge < -0.3 is 4.74 Å². The average Bonchev–Trinajstić information content (AvgIpc) is 2.96. The first-order valence-electron chi connectivity index (χ1n) is 6.20. The van der Waals surface area contributed by atoms with Crippen LogP contribution in [-0.4, -0.2) is 17.3 Å². The number of aromatic amines is 1. The molecule has 19 heavy (non-hydrogen) atoms. The van der Waals surface area contributed by atoms with Crippen LogP contribution in [0.4, 0.5) is 0 Å². The summed E-state index contributed by atoms with van der Waals surface area (Å²) in [5.74, 6) is 0.875. The summed E-state index contributed by atoms with van der Waals surface area (Å²) in [4.78, 5) is 0. The van der Waals surface area contributed by atoms with Gasteiger partial charge in [0.2, 0.25) is 0 Å². The molecule has 0 saturated carbocycles. The molecule has 1 N–H and O–H groups in total. The smallest absolute Gasteiger partial charge is 0.119 e. The van der Waals surface area contributed by atoms with E-state index in [1.54, 1.807) is 7.11 Å². The van der Waals surface area contributed by atoms with Gasteiger partial charge in [-0.15, -0.1) is 0 Å². The molecule has 0 atom stereocenters. The zero-order valence-corrected chi connectivity index (χ0v) is 10.5. The molecule has 92 valence electrons. The van der Waals surface area contributed by atoms with Crippen LogP contribution in [0.1, 0.15) is 0 Å². The first-order chi connectivity index (χ1) is 9.38. The Hall–Kier alpha value is -2.55. The lowest BCUT2D eigenvalue weighted by atomic mass is 9.98. The van der Waals surface area contributed by atoms with Crippen molar-refractivity contribution >= 4 is 32.4 Å². The summed E-state index contributed by atoms with van der Waals surface area (Å²) in [6.45, 7) is 0. The molecular formula is C16H12N2O. The maximum Gasteiger partial charge on any atom is 0.119 e. The third-order valence-corrected chi connectivity index (χ3v) is 3.64. The van der Waals surface area contributed by atoms with E-state index in [0.29, 0.717) is 0 Å². The van der Waals surface area contributed by atoms with Gasteiger partial charge in [0.05, 0.1) is 18.8 Å². The van der Waals surface area contributed by atoms with Crippen molar-refractivity contribution < 1.29 is 4.74 Å². The normalized spacial score (nSPS) is 11.4. The number of benzene rings is 3. The first-order valence-corrected chi connectivity index (χ1v) is 6.20. The van der Waals surface area contributed by atoms with Crippen molar-refractivity contribution in [2.45, 2.75) is 0 Å². The van der Waals surface area contributed by atoms with Crippen molar-refractivity contribution in [2.75, 3.05) is 7.11 Å². The Kier molecular flexibility index (Phi) is 2.03. The predicted molar refractivity (Wildman–Crippen MR) is 77.7 cm³/mol. The Balaban J connectivity index is 2.35. The van der Waals surface area contributed by atoms with Crippen molar-refractivity contribution in [2.24, 2.45) is 0 Å². The monoisotopic (exact) mass is 248 g/mol. The van der Waals surface area contributed by atoms with Gasteiger partial charge in [-0.3, -0.25) is 5.10 Å². The number of fused-ring (bicyclic) bond motifs is 6. The van der Waals surface area contributed by atoms with Gasteiger partial charge in [0.25, 0.3) is 0 Å². The first kappa shape index (κ1) is 10.4. The minimum atomic E-state index is 0.875. The molecule has 0 aliphatic rings. The largest absolute Gasteiger partial charge is 0.497 e. The Morgan fingerprint density at radius 2 is 1.68 bits per heavy atom. The highest BCUT2D eigenvalue weighted by Crippen LogP contribution is 2.35. The fourth-order valence-electron chi connectivity index (χ4n) is 2.74. The topological polar surface area (TPSA) is 37.9 Å². The Bertz CT molecular complexity index is 908. The van der Waals surface area contributed by atoms with Crippen LogP contribution in [-0.2, 0) is 0 Å². The zero-order valence-electron chi connectivity index (χ0n) is 10.5. The number of hydrogen-bond donors (Lipinski definition) is 1. The lowest BCUT2D eigenvalue weighted by molar-refractivity contribution is 0.415. The zero-order chi connectivity index (χ0) is 12.8. The van der Waals surface area contributed by atoms with E-state index in [2.05, 4.69) is 46.6 Å². The lowest BCUT2D eigenvalue weighted by Gasteiger charge is -2.08. The summed E-state index contributed by atoms with van der Waals surface area (Å²) in [5.41, 5.74) is 1.09. The van der Waals surface area contributed by atoms with Crippen LogP contribution in [0.25, 0.3) is 32.4 Å². The van der Waals surface area contributed by atoms with Crippen LogP contribution in [0.3, 0.4) is 0 Å². The summed E-state index contributed by atoms with van der Waals surface area (Å²) in [7, 11) is 1.69. The van der Waals surface area contributed by atoms with Crippen molar-refractivity contribution in [3.63, 3.8) is 0 Å².